The molecule has 2 aromatic rings. The number of carbonyl (C=O) groups is 1. The van der Waals surface area contributed by atoms with E-state index in [1.54, 1.807) is 11.5 Å². The molecule has 0 bridgehead atoms. The first-order chi connectivity index (χ1) is 12.8. The number of hydrogen-bond donors (Lipinski definition) is 1. The van der Waals surface area contributed by atoms with Gasteiger partial charge in [-0.25, -0.2) is 0 Å². The maximum atomic E-state index is 10.5. The van der Waals surface area contributed by atoms with Crippen molar-refractivity contribution in [2.45, 2.75) is 38.1 Å². The van der Waals surface area contributed by atoms with Crippen molar-refractivity contribution >= 4 is 33.8 Å². The van der Waals surface area contributed by atoms with Crippen LogP contribution in [0, 0.1) is 5.92 Å². The Morgan fingerprint density at radius 3 is 2.65 bits per heavy atom. The molecule has 2 aliphatic rings. The third-order valence-corrected chi connectivity index (χ3v) is 6.85. The highest BCUT2D eigenvalue weighted by atomic mass is 32.1. The number of benzene rings is 1. The normalized spacial score (nSPS) is 24.7. The van der Waals surface area contributed by atoms with Gasteiger partial charge in [0.15, 0.2) is 0 Å². The van der Waals surface area contributed by atoms with Crippen LogP contribution < -0.4 is 10.2 Å². The van der Waals surface area contributed by atoms with Gasteiger partial charge in [-0.05, 0) is 68.2 Å². The van der Waals surface area contributed by atoms with E-state index in [0.29, 0.717) is 6.04 Å². The topological polar surface area (TPSA) is 48.5 Å². The SMILES string of the molecule is O=CNC1CCC(CCN2CCN(c3nsc4ccccc34)CC2)CC1. The lowest BCUT2D eigenvalue weighted by Gasteiger charge is -2.36. The van der Waals surface area contributed by atoms with E-state index >= 15 is 0 Å². The van der Waals surface area contributed by atoms with Gasteiger partial charge in [-0.3, -0.25) is 9.69 Å². The minimum absolute atomic E-state index is 0.417. The van der Waals surface area contributed by atoms with Crippen LogP contribution in [0.4, 0.5) is 5.82 Å². The minimum Gasteiger partial charge on any atom is -0.356 e. The number of aromatic nitrogens is 1. The molecule has 1 aliphatic carbocycles. The summed E-state index contributed by atoms with van der Waals surface area (Å²) in [6.45, 7) is 5.62. The Balaban J connectivity index is 1.22. The van der Waals surface area contributed by atoms with E-state index in [-0.39, 0.29) is 0 Å². The Hall–Kier alpha value is -1.66. The van der Waals surface area contributed by atoms with Crippen molar-refractivity contribution in [1.29, 1.82) is 0 Å². The molecule has 0 unspecified atom stereocenters. The number of amides is 1. The molecule has 2 fully saturated rings. The molecule has 0 atom stereocenters. The van der Waals surface area contributed by atoms with Gasteiger partial charge in [-0.15, -0.1) is 0 Å². The Kier molecular flexibility index (Phi) is 5.70. The molecule has 6 heteroatoms. The third kappa shape index (κ3) is 4.01. The number of piperazine rings is 1. The smallest absolute Gasteiger partial charge is 0.207 e. The molecule has 1 N–H and O–H groups in total. The van der Waals surface area contributed by atoms with Gasteiger partial charge >= 0.3 is 0 Å². The number of rotatable bonds is 6. The Morgan fingerprint density at radius 1 is 1.12 bits per heavy atom. The standard InChI is InChI=1S/C20H28N4OS/c25-15-21-17-7-5-16(6-8-17)9-10-23-11-13-24(14-12-23)20-18-3-1-2-4-19(18)26-22-20/h1-4,15-17H,5-14H2,(H,21,25). The van der Waals surface area contributed by atoms with Crippen molar-refractivity contribution in [2.75, 3.05) is 37.6 Å². The molecule has 0 radical (unpaired) electrons. The van der Waals surface area contributed by atoms with Crippen molar-refractivity contribution in [2.24, 2.45) is 5.92 Å². The van der Waals surface area contributed by atoms with Gasteiger partial charge in [0.25, 0.3) is 0 Å². The van der Waals surface area contributed by atoms with E-state index in [1.807, 2.05) is 0 Å². The second-order valence-electron chi connectivity index (χ2n) is 7.62. The number of carbonyl (C=O) groups excluding carboxylic acids is 1. The van der Waals surface area contributed by atoms with E-state index in [2.05, 4.69) is 39.4 Å². The zero-order valence-corrected chi connectivity index (χ0v) is 16.1. The summed E-state index contributed by atoms with van der Waals surface area (Å²) in [6.07, 6.45) is 6.97. The molecule has 140 valence electrons. The van der Waals surface area contributed by atoms with Crippen molar-refractivity contribution in [3.63, 3.8) is 0 Å². The molecular formula is C20H28N4OS. The summed E-state index contributed by atoms with van der Waals surface area (Å²) >= 11 is 1.61. The summed E-state index contributed by atoms with van der Waals surface area (Å²) in [5.74, 6) is 2.01. The highest BCUT2D eigenvalue weighted by Gasteiger charge is 2.23. The van der Waals surface area contributed by atoms with Gasteiger partial charge in [0.1, 0.15) is 5.82 Å². The van der Waals surface area contributed by atoms with Crippen LogP contribution in [0.1, 0.15) is 32.1 Å². The van der Waals surface area contributed by atoms with E-state index < -0.39 is 0 Å². The van der Waals surface area contributed by atoms with Gasteiger partial charge in [-0.2, -0.15) is 4.37 Å². The first-order valence-corrected chi connectivity index (χ1v) is 10.6. The maximum Gasteiger partial charge on any atom is 0.207 e. The molecule has 1 amide bonds. The quantitative estimate of drug-likeness (QED) is 0.792. The summed E-state index contributed by atoms with van der Waals surface area (Å²) in [6, 6.07) is 8.96. The van der Waals surface area contributed by atoms with Crippen LogP contribution in [0.2, 0.25) is 0 Å². The van der Waals surface area contributed by atoms with Gasteiger partial charge in [0.05, 0.1) is 4.70 Å². The van der Waals surface area contributed by atoms with Crippen LogP contribution in [0.15, 0.2) is 24.3 Å². The first-order valence-electron chi connectivity index (χ1n) is 9.85. The fraction of sp³-hybridized carbons (Fsp3) is 0.600. The van der Waals surface area contributed by atoms with E-state index in [0.717, 1.165) is 51.3 Å². The Labute approximate surface area is 159 Å². The lowest BCUT2D eigenvalue weighted by Crippen LogP contribution is -2.47. The average molecular weight is 373 g/mol. The minimum atomic E-state index is 0.417. The molecule has 1 aromatic heterocycles. The van der Waals surface area contributed by atoms with E-state index in [4.69, 9.17) is 4.37 Å². The highest BCUT2D eigenvalue weighted by molar-refractivity contribution is 7.13. The number of nitrogens with zero attached hydrogens (tertiary/aromatic N) is 3. The monoisotopic (exact) mass is 372 g/mol. The number of nitrogens with one attached hydrogen (secondary N) is 1. The van der Waals surface area contributed by atoms with Gasteiger partial charge in [0.2, 0.25) is 6.41 Å². The molecule has 26 heavy (non-hydrogen) atoms. The molecule has 1 saturated carbocycles. The van der Waals surface area contributed by atoms with Crippen LogP contribution in [-0.2, 0) is 4.79 Å². The van der Waals surface area contributed by atoms with E-state index in [1.165, 1.54) is 41.7 Å². The average Bonchev–Trinajstić information content (AvgIpc) is 3.12. The molecule has 1 aromatic carbocycles. The number of anilines is 1. The number of fused-ring (bicyclic) bond motifs is 1. The van der Waals surface area contributed by atoms with Crippen LogP contribution in [0.5, 0.6) is 0 Å². The first kappa shape index (κ1) is 17.7. The fourth-order valence-corrected chi connectivity index (χ4v) is 5.16. The van der Waals surface area contributed by atoms with Gasteiger partial charge in [0, 0.05) is 37.6 Å². The van der Waals surface area contributed by atoms with Crippen LogP contribution >= 0.6 is 11.5 Å². The second-order valence-corrected chi connectivity index (χ2v) is 8.43. The largest absolute Gasteiger partial charge is 0.356 e. The van der Waals surface area contributed by atoms with Gasteiger partial charge in [-0.1, -0.05) is 12.1 Å². The lowest BCUT2D eigenvalue weighted by molar-refractivity contribution is -0.110. The highest BCUT2D eigenvalue weighted by Crippen LogP contribution is 2.30. The molecule has 5 nitrogen and oxygen atoms in total. The summed E-state index contributed by atoms with van der Waals surface area (Å²) in [5.41, 5.74) is 0. The van der Waals surface area contributed by atoms with Crippen LogP contribution in [0.3, 0.4) is 0 Å². The third-order valence-electron chi connectivity index (χ3n) is 6.03. The number of hydrogen-bond acceptors (Lipinski definition) is 5. The van der Waals surface area contributed by atoms with E-state index in [9.17, 15) is 4.79 Å². The van der Waals surface area contributed by atoms with Crippen LogP contribution in [-0.4, -0.2) is 54.4 Å². The summed E-state index contributed by atoms with van der Waals surface area (Å²) in [7, 11) is 0. The van der Waals surface area contributed by atoms with Crippen molar-refractivity contribution in [3.05, 3.63) is 24.3 Å². The Bertz CT molecular complexity index is 717. The fourth-order valence-electron chi connectivity index (χ4n) is 4.36. The zero-order chi connectivity index (χ0) is 17.8. The summed E-state index contributed by atoms with van der Waals surface area (Å²) in [5, 5.41) is 4.24. The van der Waals surface area contributed by atoms with Gasteiger partial charge < -0.3 is 10.2 Å². The molecule has 4 rings (SSSR count). The molecule has 2 heterocycles. The van der Waals surface area contributed by atoms with Crippen molar-refractivity contribution in [3.8, 4) is 0 Å². The Morgan fingerprint density at radius 2 is 1.88 bits per heavy atom. The molecular weight excluding hydrogens is 344 g/mol. The predicted octanol–water partition coefficient (Wildman–Crippen LogP) is 3.11. The zero-order valence-electron chi connectivity index (χ0n) is 15.3. The lowest BCUT2D eigenvalue weighted by atomic mass is 9.84. The molecule has 0 spiro atoms. The summed E-state index contributed by atoms with van der Waals surface area (Å²) in [4.78, 5) is 15.6. The van der Waals surface area contributed by atoms with Crippen molar-refractivity contribution < 1.29 is 4.79 Å². The second kappa shape index (κ2) is 8.35. The van der Waals surface area contributed by atoms with Crippen LogP contribution in [0.25, 0.3) is 10.1 Å². The van der Waals surface area contributed by atoms with Crippen molar-refractivity contribution in [1.82, 2.24) is 14.6 Å². The molecule has 1 saturated heterocycles. The molecule has 1 aliphatic heterocycles. The predicted molar refractivity (Wildman–Crippen MR) is 108 cm³/mol. The summed E-state index contributed by atoms with van der Waals surface area (Å²) < 4.78 is 5.99. The maximum absolute atomic E-state index is 10.5.